The molecule has 1 heterocycles. The molecule has 128 valence electrons. The molecule has 0 bridgehead atoms. The molecule has 4 rings (SSSR count). The van der Waals surface area contributed by atoms with Gasteiger partial charge in [-0.15, -0.1) is 0 Å². The van der Waals surface area contributed by atoms with Crippen LogP contribution in [0.25, 0.3) is 10.8 Å². The van der Waals surface area contributed by atoms with Crippen LogP contribution in [0.2, 0.25) is 0 Å². The van der Waals surface area contributed by atoms with E-state index in [1.54, 1.807) is 0 Å². The average Bonchev–Trinajstić information content (AvgIpc) is 3.06. The van der Waals surface area contributed by atoms with Gasteiger partial charge < -0.3 is 10.0 Å². The van der Waals surface area contributed by atoms with E-state index in [0.717, 1.165) is 31.8 Å². The number of aryl methyl sites for hydroxylation is 1. The number of fused-ring (bicyclic) bond motifs is 1. The minimum atomic E-state index is -0.438. The van der Waals surface area contributed by atoms with Crippen molar-refractivity contribution in [2.75, 3.05) is 20.1 Å². The van der Waals surface area contributed by atoms with Gasteiger partial charge in [-0.25, -0.2) is 0 Å². The number of nitrogens with zero attached hydrogens (tertiary/aromatic N) is 2. The quantitative estimate of drug-likeness (QED) is 0.929. The Bertz CT molecular complexity index is 860. The van der Waals surface area contributed by atoms with Gasteiger partial charge in [-0.1, -0.05) is 60.7 Å². The van der Waals surface area contributed by atoms with Crippen molar-refractivity contribution in [3.8, 4) is 0 Å². The van der Waals surface area contributed by atoms with Gasteiger partial charge in [0.2, 0.25) is 0 Å². The molecule has 0 amide bonds. The molecule has 2 atom stereocenters. The molecule has 2 unspecified atom stereocenters. The number of allylic oxidation sites excluding steroid dienone is 2. The molecule has 1 aliphatic carbocycles. The van der Waals surface area contributed by atoms with Crippen molar-refractivity contribution in [3.63, 3.8) is 0 Å². The predicted octanol–water partition coefficient (Wildman–Crippen LogP) is 3.59. The number of likely N-dealkylation sites (N-methyl/N-ethyl adjacent to an activating group) is 1. The Morgan fingerprint density at radius 3 is 2.84 bits per heavy atom. The van der Waals surface area contributed by atoms with Crippen LogP contribution in [0.3, 0.4) is 0 Å². The smallest absolute Gasteiger partial charge is 0.126 e. The molecule has 3 nitrogen and oxygen atoms in total. The van der Waals surface area contributed by atoms with Crippen LogP contribution in [0.15, 0.2) is 71.3 Å². The summed E-state index contributed by atoms with van der Waals surface area (Å²) in [5.41, 5.74) is 2.52. The number of benzene rings is 2. The lowest BCUT2D eigenvalue weighted by molar-refractivity contribution is 0.166. The van der Waals surface area contributed by atoms with Crippen LogP contribution in [-0.2, 0) is 6.42 Å². The van der Waals surface area contributed by atoms with Gasteiger partial charge in [-0.2, -0.15) is 0 Å². The van der Waals surface area contributed by atoms with Gasteiger partial charge in [0.1, 0.15) is 5.84 Å². The van der Waals surface area contributed by atoms with E-state index in [4.69, 9.17) is 0 Å². The largest absolute Gasteiger partial charge is 0.388 e. The summed E-state index contributed by atoms with van der Waals surface area (Å²) in [5, 5.41) is 13.2. The van der Waals surface area contributed by atoms with E-state index < -0.39 is 6.10 Å². The Kier molecular flexibility index (Phi) is 4.41. The van der Waals surface area contributed by atoms with E-state index in [-0.39, 0.29) is 5.92 Å². The number of hydrogen-bond donors (Lipinski definition) is 1. The standard InChI is InChI=1S/C22H24N2O/c1-24-15-14-23-22(24)20-10-5-11-21(25)19(20)13-12-17-8-4-7-16-6-2-3-9-18(16)17/h2-11,19,21,25H,12-15H2,1H3. The Balaban J connectivity index is 1.58. The summed E-state index contributed by atoms with van der Waals surface area (Å²) in [6, 6.07) is 15.0. The third-order valence-corrected chi connectivity index (χ3v) is 5.32. The predicted molar refractivity (Wildman–Crippen MR) is 104 cm³/mol. The highest BCUT2D eigenvalue weighted by molar-refractivity contribution is 6.00. The monoisotopic (exact) mass is 332 g/mol. The van der Waals surface area contributed by atoms with Crippen molar-refractivity contribution < 1.29 is 5.11 Å². The first kappa shape index (κ1) is 16.1. The first-order chi connectivity index (χ1) is 12.2. The molecule has 0 saturated heterocycles. The number of amidine groups is 1. The molecule has 2 aliphatic rings. The summed E-state index contributed by atoms with van der Waals surface area (Å²) in [4.78, 5) is 6.86. The number of aliphatic hydroxyl groups excluding tert-OH is 1. The second-order valence-corrected chi connectivity index (χ2v) is 6.91. The molecule has 1 N–H and O–H groups in total. The van der Waals surface area contributed by atoms with Crippen LogP contribution in [0.5, 0.6) is 0 Å². The maximum Gasteiger partial charge on any atom is 0.126 e. The van der Waals surface area contributed by atoms with Crippen molar-refractivity contribution in [2.45, 2.75) is 18.9 Å². The molecule has 2 aromatic rings. The van der Waals surface area contributed by atoms with E-state index in [0.29, 0.717) is 0 Å². The van der Waals surface area contributed by atoms with E-state index in [9.17, 15) is 5.11 Å². The van der Waals surface area contributed by atoms with Crippen molar-refractivity contribution >= 4 is 16.6 Å². The zero-order chi connectivity index (χ0) is 17.2. The number of hydrogen-bond acceptors (Lipinski definition) is 3. The fourth-order valence-electron chi connectivity index (χ4n) is 3.95. The average molecular weight is 332 g/mol. The van der Waals surface area contributed by atoms with Gasteiger partial charge in [0.25, 0.3) is 0 Å². The Labute approximate surface area is 149 Å². The Hall–Kier alpha value is -2.39. The molecule has 0 fully saturated rings. The van der Waals surface area contributed by atoms with E-state index >= 15 is 0 Å². The van der Waals surface area contributed by atoms with Gasteiger partial charge >= 0.3 is 0 Å². The summed E-state index contributed by atoms with van der Waals surface area (Å²) in [6.07, 6.45) is 7.41. The van der Waals surface area contributed by atoms with E-state index in [2.05, 4.69) is 65.5 Å². The van der Waals surface area contributed by atoms with Crippen LogP contribution in [0, 0.1) is 5.92 Å². The fraction of sp³-hybridized carbons (Fsp3) is 0.318. The van der Waals surface area contributed by atoms with E-state index in [1.165, 1.54) is 21.9 Å². The second-order valence-electron chi connectivity index (χ2n) is 6.91. The van der Waals surface area contributed by atoms with E-state index in [1.807, 2.05) is 12.2 Å². The van der Waals surface area contributed by atoms with Gasteiger partial charge in [-0.3, -0.25) is 4.99 Å². The molecular formula is C22H24N2O. The van der Waals surface area contributed by atoms with Crippen LogP contribution in [-0.4, -0.2) is 42.1 Å². The van der Waals surface area contributed by atoms with Crippen molar-refractivity contribution in [1.82, 2.24) is 4.90 Å². The second kappa shape index (κ2) is 6.85. The topological polar surface area (TPSA) is 35.8 Å². The fourth-order valence-corrected chi connectivity index (χ4v) is 3.95. The van der Waals surface area contributed by atoms with Crippen LogP contribution < -0.4 is 0 Å². The first-order valence-corrected chi connectivity index (χ1v) is 9.03. The van der Waals surface area contributed by atoms with Crippen molar-refractivity contribution in [2.24, 2.45) is 10.9 Å². The summed E-state index contributed by atoms with van der Waals surface area (Å²) < 4.78 is 0. The lowest BCUT2D eigenvalue weighted by Crippen LogP contribution is -2.33. The first-order valence-electron chi connectivity index (χ1n) is 9.03. The number of aliphatic hydroxyl groups is 1. The molecule has 0 saturated carbocycles. The molecular weight excluding hydrogens is 308 g/mol. The minimum absolute atomic E-state index is 0.100. The molecule has 3 heteroatoms. The number of rotatable bonds is 4. The lowest BCUT2D eigenvalue weighted by Gasteiger charge is -2.29. The van der Waals surface area contributed by atoms with Gasteiger partial charge in [0.05, 0.1) is 12.6 Å². The maximum absolute atomic E-state index is 10.6. The molecule has 25 heavy (non-hydrogen) atoms. The number of aliphatic imine (C=N–C) groups is 1. The summed E-state index contributed by atoms with van der Waals surface area (Å²) in [7, 11) is 2.08. The lowest BCUT2D eigenvalue weighted by atomic mass is 9.83. The van der Waals surface area contributed by atoms with Crippen LogP contribution in [0.1, 0.15) is 12.0 Å². The highest BCUT2D eigenvalue weighted by Gasteiger charge is 2.29. The minimum Gasteiger partial charge on any atom is -0.388 e. The molecule has 0 spiro atoms. The molecule has 2 aromatic carbocycles. The Morgan fingerprint density at radius 1 is 1.16 bits per heavy atom. The third-order valence-electron chi connectivity index (χ3n) is 5.32. The zero-order valence-electron chi connectivity index (χ0n) is 14.6. The van der Waals surface area contributed by atoms with Crippen molar-refractivity contribution in [3.05, 3.63) is 71.8 Å². The highest BCUT2D eigenvalue weighted by atomic mass is 16.3. The summed E-state index contributed by atoms with van der Waals surface area (Å²) >= 11 is 0. The third kappa shape index (κ3) is 3.12. The SMILES string of the molecule is CN1CCN=C1C1=CC=CC(O)C1CCc1cccc2ccccc12. The van der Waals surface area contributed by atoms with Gasteiger partial charge in [-0.05, 0) is 29.2 Å². The normalized spacial score (nSPS) is 23.0. The molecule has 0 radical (unpaired) electrons. The van der Waals surface area contributed by atoms with Crippen LogP contribution >= 0.6 is 0 Å². The van der Waals surface area contributed by atoms with Crippen LogP contribution in [0.4, 0.5) is 0 Å². The Morgan fingerprint density at radius 2 is 2.00 bits per heavy atom. The summed E-state index contributed by atoms with van der Waals surface area (Å²) in [5.74, 6) is 1.15. The van der Waals surface area contributed by atoms with Gasteiger partial charge in [0, 0.05) is 25.1 Å². The van der Waals surface area contributed by atoms with Gasteiger partial charge in [0.15, 0.2) is 0 Å². The molecule has 1 aliphatic heterocycles. The summed E-state index contributed by atoms with van der Waals surface area (Å²) in [6.45, 7) is 1.81. The maximum atomic E-state index is 10.6. The zero-order valence-corrected chi connectivity index (χ0v) is 14.6. The molecule has 0 aromatic heterocycles. The van der Waals surface area contributed by atoms with Crippen molar-refractivity contribution in [1.29, 1.82) is 0 Å². The highest BCUT2D eigenvalue weighted by Crippen LogP contribution is 2.30.